The fraction of sp³-hybridized carbons (Fsp3) is 0.200. The number of rotatable bonds is 3. The van der Waals surface area contributed by atoms with Crippen LogP contribution in [0.15, 0.2) is 27.1 Å². The van der Waals surface area contributed by atoms with Crippen molar-refractivity contribution in [2.24, 2.45) is 5.73 Å². The van der Waals surface area contributed by atoms with Crippen LogP contribution < -0.4 is 11.1 Å². The van der Waals surface area contributed by atoms with Crippen molar-refractivity contribution < 1.29 is 4.42 Å². The average Bonchev–Trinajstić information content (AvgIpc) is 2.71. The number of nitrogens with one attached hydrogen (secondary N) is 1. The second kappa shape index (κ2) is 5.32. The summed E-state index contributed by atoms with van der Waals surface area (Å²) in [4.78, 5) is 0. The standard InChI is InChI=1S/C10H10BrIN4O/c1-5(13)9-15-16-10(17-9)14-8-3-2-6(12)4-7(8)11/h2-5H,13H2,1H3,(H,14,16). The first kappa shape index (κ1) is 12.8. The largest absolute Gasteiger partial charge is 0.406 e. The summed E-state index contributed by atoms with van der Waals surface area (Å²) in [6, 6.07) is 5.97. The van der Waals surface area contributed by atoms with Gasteiger partial charge in [0.1, 0.15) is 0 Å². The quantitative estimate of drug-likeness (QED) is 0.762. The fourth-order valence-corrected chi connectivity index (χ4v) is 2.57. The Kier molecular flexibility index (Phi) is 4.00. The van der Waals surface area contributed by atoms with Gasteiger partial charge >= 0.3 is 6.01 Å². The fourth-order valence-electron chi connectivity index (χ4n) is 1.18. The molecule has 1 aromatic heterocycles. The second-order valence-corrected chi connectivity index (χ2v) is 5.58. The van der Waals surface area contributed by atoms with Gasteiger partial charge in [-0.05, 0) is 63.6 Å². The molecule has 1 heterocycles. The first-order chi connectivity index (χ1) is 8.06. The Morgan fingerprint density at radius 2 is 2.24 bits per heavy atom. The molecule has 90 valence electrons. The summed E-state index contributed by atoms with van der Waals surface area (Å²) >= 11 is 5.70. The Morgan fingerprint density at radius 3 is 2.82 bits per heavy atom. The third-order valence-corrected chi connectivity index (χ3v) is 3.33. The SMILES string of the molecule is CC(N)c1nnc(Nc2ccc(I)cc2Br)o1. The van der Waals surface area contributed by atoms with Crippen LogP contribution in [0.25, 0.3) is 0 Å². The van der Waals surface area contributed by atoms with Crippen LogP contribution in [0.5, 0.6) is 0 Å². The molecule has 0 amide bonds. The predicted octanol–water partition coefficient (Wildman–Crippen LogP) is 3.20. The molecule has 0 aliphatic heterocycles. The minimum absolute atomic E-state index is 0.266. The van der Waals surface area contributed by atoms with Gasteiger partial charge in [-0.3, -0.25) is 0 Å². The summed E-state index contributed by atoms with van der Waals surface area (Å²) in [6.07, 6.45) is 0. The summed E-state index contributed by atoms with van der Waals surface area (Å²) in [6.45, 7) is 1.79. The van der Waals surface area contributed by atoms with Crippen LogP contribution in [0.3, 0.4) is 0 Å². The number of anilines is 2. The van der Waals surface area contributed by atoms with Gasteiger partial charge in [-0.15, -0.1) is 5.10 Å². The van der Waals surface area contributed by atoms with Crippen molar-refractivity contribution in [2.75, 3.05) is 5.32 Å². The van der Waals surface area contributed by atoms with E-state index in [1.165, 1.54) is 0 Å². The van der Waals surface area contributed by atoms with E-state index in [1.807, 2.05) is 18.2 Å². The third-order valence-electron chi connectivity index (χ3n) is 2.00. The van der Waals surface area contributed by atoms with Gasteiger partial charge in [0.2, 0.25) is 5.89 Å². The number of nitrogens with zero attached hydrogens (tertiary/aromatic N) is 2. The Bertz CT molecular complexity index is 529. The number of hydrogen-bond acceptors (Lipinski definition) is 5. The highest BCUT2D eigenvalue weighted by Gasteiger charge is 2.10. The molecule has 1 aromatic carbocycles. The van der Waals surface area contributed by atoms with Crippen LogP contribution >= 0.6 is 38.5 Å². The maximum Gasteiger partial charge on any atom is 0.320 e. The number of benzene rings is 1. The molecule has 1 unspecified atom stereocenters. The lowest BCUT2D eigenvalue weighted by atomic mass is 10.3. The summed E-state index contributed by atoms with van der Waals surface area (Å²) in [5, 5.41) is 10.7. The number of nitrogens with two attached hydrogens (primary N) is 1. The number of halogens is 2. The molecule has 0 saturated heterocycles. The second-order valence-electron chi connectivity index (χ2n) is 3.48. The van der Waals surface area contributed by atoms with Crippen molar-refractivity contribution in [1.29, 1.82) is 0 Å². The zero-order valence-electron chi connectivity index (χ0n) is 8.95. The van der Waals surface area contributed by atoms with Crippen molar-refractivity contribution in [2.45, 2.75) is 13.0 Å². The molecule has 0 aliphatic carbocycles. The number of aromatic nitrogens is 2. The van der Waals surface area contributed by atoms with Gasteiger partial charge in [-0.25, -0.2) is 0 Å². The molecular weight excluding hydrogens is 399 g/mol. The summed E-state index contributed by atoms with van der Waals surface area (Å²) in [7, 11) is 0. The topological polar surface area (TPSA) is 77.0 Å². The zero-order chi connectivity index (χ0) is 12.4. The smallest absolute Gasteiger partial charge is 0.320 e. The predicted molar refractivity (Wildman–Crippen MR) is 77.0 cm³/mol. The Labute approximate surface area is 120 Å². The molecule has 0 aliphatic rings. The molecule has 3 N–H and O–H groups in total. The highest BCUT2D eigenvalue weighted by molar-refractivity contribution is 14.1. The molecule has 0 bridgehead atoms. The van der Waals surface area contributed by atoms with E-state index in [1.54, 1.807) is 6.92 Å². The van der Waals surface area contributed by atoms with Crippen molar-refractivity contribution >= 4 is 50.2 Å². The van der Waals surface area contributed by atoms with E-state index < -0.39 is 0 Å². The minimum Gasteiger partial charge on any atom is -0.406 e. The molecule has 0 radical (unpaired) electrons. The molecule has 17 heavy (non-hydrogen) atoms. The molecule has 5 nitrogen and oxygen atoms in total. The van der Waals surface area contributed by atoms with Crippen molar-refractivity contribution in [1.82, 2.24) is 10.2 Å². The van der Waals surface area contributed by atoms with Crippen LogP contribution in [0.2, 0.25) is 0 Å². The lowest BCUT2D eigenvalue weighted by Gasteiger charge is -2.04. The third kappa shape index (κ3) is 3.17. The molecule has 0 fully saturated rings. The van der Waals surface area contributed by atoms with Crippen LogP contribution in [-0.2, 0) is 0 Å². The van der Waals surface area contributed by atoms with Gasteiger partial charge < -0.3 is 15.5 Å². The monoisotopic (exact) mass is 408 g/mol. The van der Waals surface area contributed by atoms with E-state index >= 15 is 0 Å². The molecule has 2 aromatic rings. The van der Waals surface area contributed by atoms with Crippen molar-refractivity contribution in [3.63, 3.8) is 0 Å². The van der Waals surface area contributed by atoms with E-state index in [2.05, 4.69) is 54.0 Å². The first-order valence-corrected chi connectivity index (χ1v) is 6.74. The summed E-state index contributed by atoms with van der Waals surface area (Å²) in [5.41, 5.74) is 6.50. The van der Waals surface area contributed by atoms with E-state index in [0.29, 0.717) is 11.9 Å². The lowest BCUT2D eigenvalue weighted by molar-refractivity contribution is 0.475. The number of hydrogen-bond donors (Lipinski definition) is 2. The Balaban J connectivity index is 2.19. The van der Waals surface area contributed by atoms with Crippen molar-refractivity contribution in [3.05, 3.63) is 32.1 Å². The van der Waals surface area contributed by atoms with E-state index in [0.717, 1.165) is 13.7 Å². The highest BCUT2D eigenvalue weighted by atomic mass is 127. The Hall–Kier alpha value is -0.670. The highest BCUT2D eigenvalue weighted by Crippen LogP contribution is 2.27. The van der Waals surface area contributed by atoms with Crippen molar-refractivity contribution in [3.8, 4) is 0 Å². The van der Waals surface area contributed by atoms with Gasteiger partial charge in [-0.1, -0.05) is 5.10 Å². The molecule has 7 heteroatoms. The Morgan fingerprint density at radius 1 is 1.47 bits per heavy atom. The molecule has 0 spiro atoms. The summed E-state index contributed by atoms with van der Waals surface area (Å²) < 4.78 is 7.43. The van der Waals surface area contributed by atoms with Gasteiger partial charge in [0, 0.05) is 8.04 Å². The van der Waals surface area contributed by atoms with E-state index in [9.17, 15) is 0 Å². The summed E-state index contributed by atoms with van der Waals surface area (Å²) in [5.74, 6) is 0.411. The van der Waals surface area contributed by atoms with E-state index in [4.69, 9.17) is 10.2 Å². The van der Waals surface area contributed by atoms with Crippen LogP contribution in [0.1, 0.15) is 18.9 Å². The van der Waals surface area contributed by atoms with Crippen LogP contribution in [-0.4, -0.2) is 10.2 Å². The zero-order valence-corrected chi connectivity index (χ0v) is 12.7. The van der Waals surface area contributed by atoms with Crippen LogP contribution in [0, 0.1) is 3.57 Å². The average molecular weight is 409 g/mol. The first-order valence-electron chi connectivity index (χ1n) is 4.87. The maximum absolute atomic E-state index is 5.64. The molecule has 2 rings (SSSR count). The van der Waals surface area contributed by atoms with Crippen LogP contribution in [0.4, 0.5) is 11.7 Å². The van der Waals surface area contributed by atoms with E-state index in [-0.39, 0.29) is 6.04 Å². The molecular formula is C10H10BrIN4O. The lowest BCUT2D eigenvalue weighted by Crippen LogP contribution is -2.04. The normalized spacial score (nSPS) is 12.5. The molecule has 1 atom stereocenters. The minimum atomic E-state index is -0.266. The molecule has 0 saturated carbocycles. The van der Waals surface area contributed by atoms with Gasteiger partial charge in [0.05, 0.1) is 11.7 Å². The van der Waals surface area contributed by atoms with Gasteiger partial charge in [0.15, 0.2) is 0 Å². The van der Waals surface area contributed by atoms with Gasteiger partial charge in [0.25, 0.3) is 0 Å². The van der Waals surface area contributed by atoms with Gasteiger partial charge in [-0.2, -0.15) is 0 Å². The maximum atomic E-state index is 5.64.